The number of nitrogens with zero attached hydrogens (tertiary/aromatic N) is 2. The van der Waals surface area contributed by atoms with Gasteiger partial charge in [-0.3, -0.25) is 9.59 Å². The third kappa shape index (κ3) is 3.09. The molecule has 2 saturated heterocycles. The number of hydrogen-bond donors (Lipinski definition) is 0. The molecule has 0 aromatic carbocycles. The molecule has 0 bridgehead atoms. The molecule has 0 aliphatic carbocycles. The van der Waals surface area contributed by atoms with Gasteiger partial charge in [0.15, 0.2) is 0 Å². The Labute approximate surface area is 132 Å². The molecule has 0 spiro atoms. The summed E-state index contributed by atoms with van der Waals surface area (Å²) in [4.78, 5) is 29.4. The van der Waals surface area contributed by atoms with Gasteiger partial charge < -0.3 is 14.5 Å². The summed E-state index contributed by atoms with van der Waals surface area (Å²) < 4.78 is 5.26. The van der Waals surface area contributed by atoms with Gasteiger partial charge in [0.05, 0.1) is 18.5 Å². The summed E-state index contributed by atoms with van der Waals surface area (Å²) in [6.45, 7) is 4.48. The molecule has 0 N–H and O–H groups in total. The van der Waals surface area contributed by atoms with Gasteiger partial charge in [0.2, 0.25) is 11.8 Å². The normalized spacial score (nSPS) is 26.4. The van der Waals surface area contributed by atoms with Crippen LogP contribution in [0.15, 0.2) is 17.5 Å². The van der Waals surface area contributed by atoms with E-state index in [2.05, 4.69) is 0 Å². The van der Waals surface area contributed by atoms with Crippen LogP contribution in [-0.2, 0) is 14.3 Å². The summed E-state index contributed by atoms with van der Waals surface area (Å²) in [7, 11) is 0. The summed E-state index contributed by atoms with van der Waals surface area (Å²) in [6, 6.07) is 4.01. The summed E-state index contributed by atoms with van der Waals surface area (Å²) in [6.07, 6.45) is 0. The van der Waals surface area contributed by atoms with Crippen molar-refractivity contribution in [2.75, 3.05) is 32.8 Å². The summed E-state index contributed by atoms with van der Waals surface area (Å²) in [5, 5.41) is 1.89. The topological polar surface area (TPSA) is 49.9 Å². The van der Waals surface area contributed by atoms with Crippen molar-refractivity contribution in [1.29, 1.82) is 0 Å². The average molecular weight is 326 g/mol. The van der Waals surface area contributed by atoms with Crippen LogP contribution in [0.3, 0.4) is 0 Å². The lowest BCUT2D eigenvalue weighted by molar-refractivity contribution is -0.142. The molecule has 2 fully saturated rings. The summed E-state index contributed by atoms with van der Waals surface area (Å²) in [5.41, 5.74) is 0. The fourth-order valence-electron chi connectivity index (χ4n) is 2.55. The van der Waals surface area contributed by atoms with Gasteiger partial charge >= 0.3 is 0 Å². The Morgan fingerprint density at radius 3 is 2.86 bits per heavy atom. The van der Waals surface area contributed by atoms with E-state index in [1.807, 2.05) is 24.4 Å². The van der Waals surface area contributed by atoms with Crippen LogP contribution in [0.4, 0.5) is 0 Å². The SMILES string of the molecule is C[C@@H]1S[C@@H](c2cccs2)N(CC(=O)N2CCOCC2)C1=O. The van der Waals surface area contributed by atoms with Crippen molar-refractivity contribution in [3.8, 4) is 0 Å². The van der Waals surface area contributed by atoms with E-state index < -0.39 is 0 Å². The largest absolute Gasteiger partial charge is 0.378 e. The van der Waals surface area contributed by atoms with Crippen molar-refractivity contribution < 1.29 is 14.3 Å². The molecule has 21 heavy (non-hydrogen) atoms. The minimum atomic E-state index is -0.0883. The molecule has 5 nitrogen and oxygen atoms in total. The fourth-order valence-corrected chi connectivity index (χ4v) is 4.77. The predicted octanol–water partition coefficient (Wildman–Crippen LogP) is 1.57. The van der Waals surface area contributed by atoms with Crippen LogP contribution < -0.4 is 0 Å². The second-order valence-corrected chi connectivity index (χ2v) is 7.51. The fraction of sp³-hybridized carbons (Fsp3) is 0.571. The molecule has 2 atom stereocenters. The number of rotatable bonds is 3. The van der Waals surface area contributed by atoms with Crippen molar-refractivity contribution in [3.63, 3.8) is 0 Å². The highest BCUT2D eigenvalue weighted by Gasteiger charge is 2.40. The lowest BCUT2D eigenvalue weighted by Gasteiger charge is -2.30. The molecule has 7 heteroatoms. The number of hydrogen-bond acceptors (Lipinski definition) is 5. The highest BCUT2D eigenvalue weighted by Crippen LogP contribution is 2.44. The molecule has 1 aromatic rings. The van der Waals surface area contributed by atoms with Crippen LogP contribution in [-0.4, -0.2) is 59.7 Å². The van der Waals surface area contributed by atoms with E-state index in [9.17, 15) is 9.59 Å². The van der Waals surface area contributed by atoms with Crippen LogP contribution in [0.1, 0.15) is 17.2 Å². The maximum Gasteiger partial charge on any atom is 0.242 e. The smallest absolute Gasteiger partial charge is 0.242 e. The van der Waals surface area contributed by atoms with Crippen molar-refractivity contribution in [2.24, 2.45) is 0 Å². The van der Waals surface area contributed by atoms with E-state index in [-0.39, 0.29) is 29.0 Å². The second kappa shape index (κ2) is 6.37. The summed E-state index contributed by atoms with van der Waals surface area (Å²) in [5.74, 6) is 0.0721. The second-order valence-electron chi connectivity index (χ2n) is 5.11. The van der Waals surface area contributed by atoms with Gasteiger partial charge in [-0.25, -0.2) is 0 Å². The first-order valence-electron chi connectivity index (χ1n) is 7.01. The molecule has 0 radical (unpaired) electrons. The zero-order valence-corrected chi connectivity index (χ0v) is 13.5. The Morgan fingerprint density at radius 2 is 2.19 bits per heavy atom. The molecule has 3 rings (SSSR count). The molecule has 0 saturated carbocycles. The quantitative estimate of drug-likeness (QED) is 0.846. The van der Waals surface area contributed by atoms with Gasteiger partial charge in [-0.2, -0.15) is 0 Å². The first kappa shape index (κ1) is 14.9. The number of carbonyl (C=O) groups is 2. The standard InChI is InChI=1S/C14H18N2O3S2/c1-10-13(18)16(14(21-10)11-3-2-8-20-11)9-12(17)15-4-6-19-7-5-15/h2-3,8,10,14H,4-7,9H2,1H3/t10-,14-/m0/s1. The minimum Gasteiger partial charge on any atom is -0.378 e. The van der Waals surface area contributed by atoms with Gasteiger partial charge in [0.25, 0.3) is 0 Å². The summed E-state index contributed by atoms with van der Waals surface area (Å²) >= 11 is 3.25. The van der Waals surface area contributed by atoms with Gasteiger partial charge in [0, 0.05) is 18.0 Å². The zero-order chi connectivity index (χ0) is 14.8. The van der Waals surface area contributed by atoms with Crippen molar-refractivity contribution in [3.05, 3.63) is 22.4 Å². The Kier molecular flexibility index (Phi) is 4.51. The monoisotopic (exact) mass is 326 g/mol. The van der Waals surface area contributed by atoms with Gasteiger partial charge in [-0.1, -0.05) is 6.07 Å². The Hall–Kier alpha value is -1.05. The first-order valence-corrected chi connectivity index (χ1v) is 8.84. The Balaban J connectivity index is 1.71. The van der Waals surface area contributed by atoms with E-state index >= 15 is 0 Å². The van der Waals surface area contributed by atoms with E-state index in [1.165, 1.54) is 0 Å². The molecular weight excluding hydrogens is 308 g/mol. The number of thiophene rings is 1. The Morgan fingerprint density at radius 1 is 1.43 bits per heavy atom. The zero-order valence-electron chi connectivity index (χ0n) is 11.9. The average Bonchev–Trinajstić information content (AvgIpc) is 3.12. The molecular formula is C14H18N2O3S2. The van der Waals surface area contributed by atoms with Gasteiger partial charge in [-0.15, -0.1) is 23.1 Å². The van der Waals surface area contributed by atoms with Gasteiger partial charge in [-0.05, 0) is 18.4 Å². The molecule has 1 aromatic heterocycles. The number of morpholine rings is 1. The van der Waals surface area contributed by atoms with E-state index in [0.29, 0.717) is 26.3 Å². The molecule has 114 valence electrons. The Bertz CT molecular complexity index is 514. The third-order valence-electron chi connectivity index (χ3n) is 3.70. The van der Waals surface area contributed by atoms with Crippen molar-refractivity contribution in [2.45, 2.75) is 17.5 Å². The molecule has 2 aliphatic heterocycles. The molecule has 0 unspecified atom stereocenters. The number of amides is 2. The van der Waals surface area contributed by atoms with Crippen LogP contribution >= 0.6 is 23.1 Å². The van der Waals surface area contributed by atoms with Crippen LogP contribution in [0.5, 0.6) is 0 Å². The van der Waals surface area contributed by atoms with Crippen LogP contribution in [0, 0.1) is 0 Å². The van der Waals surface area contributed by atoms with E-state index in [0.717, 1.165) is 4.88 Å². The maximum absolute atomic E-state index is 12.4. The number of thioether (sulfide) groups is 1. The van der Waals surface area contributed by atoms with Crippen LogP contribution in [0.25, 0.3) is 0 Å². The van der Waals surface area contributed by atoms with E-state index in [1.54, 1.807) is 32.9 Å². The predicted molar refractivity (Wildman–Crippen MR) is 83.2 cm³/mol. The molecule has 2 aliphatic rings. The number of carbonyl (C=O) groups excluding carboxylic acids is 2. The van der Waals surface area contributed by atoms with Crippen molar-refractivity contribution >= 4 is 34.9 Å². The number of ether oxygens (including phenoxy) is 1. The van der Waals surface area contributed by atoms with E-state index in [4.69, 9.17) is 4.74 Å². The van der Waals surface area contributed by atoms with Crippen LogP contribution in [0.2, 0.25) is 0 Å². The molecule has 2 amide bonds. The van der Waals surface area contributed by atoms with Gasteiger partial charge in [0.1, 0.15) is 11.9 Å². The van der Waals surface area contributed by atoms with Crippen molar-refractivity contribution in [1.82, 2.24) is 9.80 Å². The highest BCUT2D eigenvalue weighted by molar-refractivity contribution is 8.01. The third-order valence-corrected chi connectivity index (χ3v) is 6.15. The highest BCUT2D eigenvalue weighted by atomic mass is 32.2. The molecule has 3 heterocycles. The lowest BCUT2D eigenvalue weighted by Crippen LogP contribution is -2.46. The lowest BCUT2D eigenvalue weighted by atomic mass is 10.3. The minimum absolute atomic E-state index is 0.0166. The first-order chi connectivity index (χ1) is 10.2. The maximum atomic E-state index is 12.4.